The molecule has 2 saturated carbocycles. The lowest BCUT2D eigenvalue weighted by molar-refractivity contribution is -0.143. The summed E-state index contributed by atoms with van der Waals surface area (Å²) in [7, 11) is -2.65. The van der Waals surface area contributed by atoms with E-state index in [2.05, 4.69) is 25.3 Å². The van der Waals surface area contributed by atoms with Crippen molar-refractivity contribution in [3.63, 3.8) is 0 Å². The molecule has 2 aromatic rings. The van der Waals surface area contributed by atoms with Gasteiger partial charge in [-0.15, -0.1) is 0 Å². The lowest BCUT2D eigenvalue weighted by Gasteiger charge is -2.34. The van der Waals surface area contributed by atoms with Gasteiger partial charge in [-0.1, -0.05) is 33.6 Å². The van der Waals surface area contributed by atoms with Crippen LogP contribution in [0.3, 0.4) is 0 Å². The highest BCUT2D eigenvalue weighted by molar-refractivity contribution is 7.91. The summed E-state index contributed by atoms with van der Waals surface area (Å²) in [6.07, 6.45) is -4.80. The lowest BCUT2D eigenvalue weighted by atomic mass is 9.87. The predicted octanol–water partition coefficient (Wildman–Crippen LogP) is 5.27. The number of methoxy groups -OCH3 is 1. The molecule has 4 amide bonds. The van der Waals surface area contributed by atoms with Crippen molar-refractivity contribution in [1.82, 2.24) is 30.2 Å². The molecule has 3 N–H and O–H groups in total. The number of fused-ring (bicyclic) bond motifs is 1. The summed E-state index contributed by atoms with van der Waals surface area (Å²) in [5.74, 6) is -4.27. The number of likely N-dealkylation sites (tertiary alicyclic amines) is 1. The Hall–Kier alpha value is -4.46. The SMILES string of the molecule is CCC[C@@H](C)C[C@@H](COC)[C@H](NC(=O)OC(C)(C)C)C(=O)N1C[C@H](Oc2nc3cc(OCC)ccc3nc2C(F)(F)F)C[C@H]1C(=O)N[C@]1(C(=O)NS(=O)(=O)C2(C)CC2)C[C@H]1C. The molecule has 1 aromatic heterocycles. The summed E-state index contributed by atoms with van der Waals surface area (Å²) in [4.78, 5) is 65.6. The third-order valence-corrected chi connectivity index (χ3v) is 13.6. The third-order valence-electron chi connectivity index (χ3n) is 11.5. The number of nitrogens with one attached hydrogen (secondary N) is 3. The Morgan fingerprint density at radius 2 is 1.74 bits per heavy atom. The van der Waals surface area contributed by atoms with Gasteiger partial charge >= 0.3 is 12.3 Å². The van der Waals surface area contributed by atoms with Crippen LogP contribution in [0.25, 0.3) is 11.0 Å². The number of nitrogens with zero attached hydrogens (tertiary/aromatic N) is 3. The molecule has 2 aliphatic carbocycles. The number of amides is 4. The van der Waals surface area contributed by atoms with Gasteiger partial charge in [-0.05, 0) is 84.3 Å². The Balaban J connectivity index is 1.54. The van der Waals surface area contributed by atoms with Gasteiger partial charge in [0.05, 0.1) is 35.5 Å². The van der Waals surface area contributed by atoms with E-state index < -0.39 is 104 Å². The second-order valence-electron chi connectivity index (χ2n) is 17.9. The molecule has 1 aromatic carbocycles. The van der Waals surface area contributed by atoms with Crippen molar-refractivity contribution in [3.8, 4) is 11.6 Å². The molecule has 2 heterocycles. The molecule has 7 atom stereocenters. The maximum Gasteiger partial charge on any atom is 0.438 e. The minimum absolute atomic E-state index is 0.00440. The van der Waals surface area contributed by atoms with Crippen LogP contribution in [0.1, 0.15) is 106 Å². The van der Waals surface area contributed by atoms with Crippen LogP contribution in [0.15, 0.2) is 18.2 Å². The summed E-state index contributed by atoms with van der Waals surface area (Å²) in [6, 6.07) is 1.38. The summed E-state index contributed by atoms with van der Waals surface area (Å²) in [6.45, 7) is 13.7. The van der Waals surface area contributed by atoms with Gasteiger partial charge in [0.25, 0.3) is 5.91 Å². The minimum atomic E-state index is -5.02. The van der Waals surface area contributed by atoms with E-state index in [4.69, 9.17) is 18.9 Å². The first kappa shape index (κ1) is 47.6. The number of hydrogen-bond donors (Lipinski definition) is 3. The average Bonchev–Trinajstić information content (AvgIpc) is 4.01. The van der Waals surface area contributed by atoms with E-state index in [1.807, 2.05) is 13.8 Å². The fraction of sp³-hybridized carbons (Fsp3) is 0.707. The first-order valence-electron chi connectivity index (χ1n) is 20.7. The van der Waals surface area contributed by atoms with Gasteiger partial charge in [0.15, 0.2) is 0 Å². The Labute approximate surface area is 354 Å². The summed E-state index contributed by atoms with van der Waals surface area (Å²) >= 11 is 0. The number of sulfonamides is 1. The van der Waals surface area contributed by atoms with Gasteiger partial charge in [-0.2, -0.15) is 13.2 Å². The Morgan fingerprint density at radius 1 is 1.07 bits per heavy atom. The number of benzene rings is 1. The van der Waals surface area contributed by atoms with Crippen LogP contribution in [0, 0.1) is 17.8 Å². The van der Waals surface area contributed by atoms with E-state index in [0.29, 0.717) is 25.0 Å². The monoisotopic (exact) mass is 884 g/mol. The molecule has 0 unspecified atom stereocenters. The molecule has 5 rings (SSSR count). The van der Waals surface area contributed by atoms with E-state index in [9.17, 15) is 40.8 Å². The smallest absolute Gasteiger partial charge is 0.438 e. The molecule has 340 valence electrons. The highest BCUT2D eigenvalue weighted by atomic mass is 32.2. The molecule has 0 bridgehead atoms. The zero-order valence-corrected chi connectivity index (χ0v) is 37.0. The molecule has 20 heteroatoms. The maximum absolute atomic E-state index is 15.0. The van der Waals surface area contributed by atoms with E-state index in [1.165, 1.54) is 32.2 Å². The Morgan fingerprint density at radius 3 is 2.30 bits per heavy atom. The number of alkyl halides is 3. The van der Waals surface area contributed by atoms with Gasteiger partial charge in [-0.25, -0.2) is 23.2 Å². The van der Waals surface area contributed by atoms with Gasteiger partial charge in [0.1, 0.15) is 35.1 Å². The van der Waals surface area contributed by atoms with E-state index in [0.717, 1.165) is 17.7 Å². The van der Waals surface area contributed by atoms with E-state index in [1.54, 1.807) is 34.6 Å². The van der Waals surface area contributed by atoms with Gasteiger partial charge < -0.3 is 34.5 Å². The van der Waals surface area contributed by atoms with Crippen LogP contribution in [0.4, 0.5) is 18.0 Å². The Kier molecular flexibility index (Phi) is 14.1. The number of carbonyl (C=O) groups is 4. The normalized spacial score (nSPS) is 23.7. The van der Waals surface area contributed by atoms with Crippen molar-refractivity contribution in [3.05, 3.63) is 23.9 Å². The number of ether oxygens (including phenoxy) is 4. The zero-order chi connectivity index (χ0) is 45.3. The zero-order valence-electron chi connectivity index (χ0n) is 36.2. The van der Waals surface area contributed by atoms with Crippen LogP contribution < -0.4 is 24.8 Å². The van der Waals surface area contributed by atoms with Crippen molar-refractivity contribution < 1.29 is 59.7 Å². The van der Waals surface area contributed by atoms with Crippen LogP contribution in [-0.4, -0.2) is 108 Å². The van der Waals surface area contributed by atoms with Crippen LogP contribution >= 0.6 is 0 Å². The molecule has 1 saturated heterocycles. The van der Waals surface area contributed by atoms with Gasteiger partial charge in [-0.3, -0.25) is 19.1 Å². The van der Waals surface area contributed by atoms with E-state index >= 15 is 0 Å². The van der Waals surface area contributed by atoms with Crippen LogP contribution in [-0.2, 0) is 40.1 Å². The second kappa shape index (κ2) is 18.1. The molecule has 0 spiro atoms. The number of alkyl carbamates (subject to hydrolysis) is 1. The molecule has 61 heavy (non-hydrogen) atoms. The van der Waals surface area contributed by atoms with Crippen molar-refractivity contribution in [1.29, 1.82) is 0 Å². The lowest BCUT2D eigenvalue weighted by Crippen LogP contribution is -2.60. The first-order chi connectivity index (χ1) is 28.4. The quantitative estimate of drug-likeness (QED) is 0.175. The fourth-order valence-corrected chi connectivity index (χ4v) is 9.08. The highest BCUT2D eigenvalue weighted by Crippen LogP contribution is 2.46. The fourth-order valence-electron chi connectivity index (χ4n) is 7.77. The largest absolute Gasteiger partial charge is 0.494 e. The molecular weight excluding hydrogens is 826 g/mol. The summed E-state index contributed by atoms with van der Waals surface area (Å²) in [5.41, 5.74) is -4.10. The summed E-state index contributed by atoms with van der Waals surface area (Å²) < 4.78 is 93.3. The molecule has 3 fully saturated rings. The summed E-state index contributed by atoms with van der Waals surface area (Å²) in [5, 5.41) is 5.38. The van der Waals surface area contributed by atoms with Crippen molar-refractivity contribution in [2.45, 2.75) is 141 Å². The topological polar surface area (TPSA) is 204 Å². The van der Waals surface area contributed by atoms with Crippen molar-refractivity contribution in [2.24, 2.45) is 17.8 Å². The Bertz CT molecular complexity index is 2080. The third kappa shape index (κ3) is 11.1. The van der Waals surface area contributed by atoms with Gasteiger partial charge in [0.2, 0.25) is 33.4 Å². The molecule has 1 aliphatic heterocycles. The first-order valence-corrected chi connectivity index (χ1v) is 22.2. The molecule has 16 nitrogen and oxygen atoms in total. The van der Waals surface area contributed by atoms with Crippen molar-refractivity contribution in [2.75, 3.05) is 26.9 Å². The number of carbonyl (C=O) groups excluding carboxylic acids is 4. The van der Waals surface area contributed by atoms with Crippen molar-refractivity contribution >= 4 is 44.9 Å². The second-order valence-corrected chi connectivity index (χ2v) is 20.1. The number of hydrogen-bond acceptors (Lipinski definition) is 12. The number of halogens is 3. The predicted molar refractivity (Wildman–Crippen MR) is 217 cm³/mol. The van der Waals surface area contributed by atoms with Gasteiger partial charge in [0, 0.05) is 25.5 Å². The van der Waals surface area contributed by atoms with E-state index in [-0.39, 0.29) is 43.0 Å². The van der Waals surface area contributed by atoms with Crippen LogP contribution in [0.5, 0.6) is 11.6 Å². The standard InChI is InChI=1S/C41H59F3N6O10S/c1-10-12-23(3)17-25(22-57-9)31(47-37(54)60-38(5,6)7)35(52)50-21-27(59-34-32(41(42,43)44)45-28-14-13-26(58-11-2)18-29(28)46-34)19-30(50)33(51)48-40(20-24(40)4)36(53)49-61(55,56)39(8)15-16-39/h13-14,18,23-25,27,30-31H,10-12,15-17,19-22H2,1-9H3,(H,47,54)(H,48,51)(H,49,53)/t23-,24-,25+,27-,30+,31+,40-/m1/s1. The number of rotatable bonds is 18. The maximum atomic E-state index is 15.0. The number of aromatic nitrogens is 2. The molecule has 3 aliphatic rings. The molecular formula is C41H59F3N6O10S. The molecule has 0 radical (unpaired) electrons. The van der Waals surface area contributed by atoms with Crippen LogP contribution in [0.2, 0.25) is 0 Å². The average molecular weight is 885 g/mol. The highest BCUT2D eigenvalue weighted by Gasteiger charge is 2.62. The minimum Gasteiger partial charge on any atom is -0.494 e.